The Balaban J connectivity index is 1.76. The molecule has 1 fully saturated rings. The van der Waals surface area contributed by atoms with E-state index < -0.39 is 12.1 Å². The van der Waals surface area contributed by atoms with Gasteiger partial charge in [0.1, 0.15) is 11.9 Å². The van der Waals surface area contributed by atoms with E-state index in [4.69, 9.17) is 4.74 Å². The first-order chi connectivity index (χ1) is 12.1. The van der Waals surface area contributed by atoms with Gasteiger partial charge in [0.2, 0.25) is 5.91 Å². The molecule has 0 spiro atoms. The van der Waals surface area contributed by atoms with Gasteiger partial charge in [-0.1, -0.05) is 25.5 Å². The van der Waals surface area contributed by atoms with Crippen molar-refractivity contribution >= 4 is 11.9 Å². The summed E-state index contributed by atoms with van der Waals surface area (Å²) in [5.41, 5.74) is 0.786. The minimum Gasteiger partial charge on any atom is -0.381 e. The van der Waals surface area contributed by atoms with Crippen LogP contribution in [-0.2, 0) is 16.1 Å². The number of ether oxygens (including phenoxy) is 1. The molecule has 0 radical (unpaired) electrons. The Bertz CT molecular complexity index is 559. The van der Waals surface area contributed by atoms with E-state index in [1.807, 2.05) is 6.92 Å². The van der Waals surface area contributed by atoms with E-state index in [1.165, 1.54) is 12.1 Å². The van der Waals surface area contributed by atoms with Crippen LogP contribution < -0.4 is 16.0 Å². The van der Waals surface area contributed by atoms with Crippen LogP contribution in [0.15, 0.2) is 24.3 Å². The van der Waals surface area contributed by atoms with Gasteiger partial charge in [-0.25, -0.2) is 9.18 Å². The Morgan fingerprint density at radius 2 is 2.04 bits per heavy atom. The van der Waals surface area contributed by atoms with Gasteiger partial charge in [-0.05, 0) is 30.5 Å². The molecule has 25 heavy (non-hydrogen) atoms. The Labute approximate surface area is 147 Å². The molecule has 2 atom stereocenters. The van der Waals surface area contributed by atoms with Gasteiger partial charge in [0.25, 0.3) is 0 Å². The first-order valence-corrected chi connectivity index (χ1v) is 8.72. The van der Waals surface area contributed by atoms with Crippen LogP contribution in [0.2, 0.25) is 0 Å². The maximum atomic E-state index is 12.9. The van der Waals surface area contributed by atoms with E-state index in [0.717, 1.165) is 25.0 Å². The molecule has 0 aliphatic carbocycles. The highest BCUT2D eigenvalue weighted by atomic mass is 19.1. The lowest BCUT2D eigenvalue weighted by Crippen LogP contribution is -2.50. The molecule has 0 saturated carbocycles. The highest BCUT2D eigenvalue weighted by Gasteiger charge is 2.22. The molecule has 1 aromatic carbocycles. The molecule has 1 aliphatic heterocycles. The fourth-order valence-corrected chi connectivity index (χ4v) is 2.66. The van der Waals surface area contributed by atoms with Crippen molar-refractivity contribution in [3.8, 4) is 0 Å². The molecule has 3 N–H and O–H groups in total. The molecule has 1 aliphatic rings. The van der Waals surface area contributed by atoms with Crippen molar-refractivity contribution in [1.82, 2.24) is 16.0 Å². The summed E-state index contributed by atoms with van der Waals surface area (Å²) >= 11 is 0. The topological polar surface area (TPSA) is 79.5 Å². The normalized spacial score (nSPS) is 17.8. The van der Waals surface area contributed by atoms with E-state index in [0.29, 0.717) is 25.5 Å². The van der Waals surface area contributed by atoms with E-state index in [1.54, 1.807) is 12.1 Å². The van der Waals surface area contributed by atoms with Crippen molar-refractivity contribution in [2.75, 3.05) is 19.8 Å². The van der Waals surface area contributed by atoms with E-state index in [-0.39, 0.29) is 18.3 Å². The molecule has 2 rings (SSSR count). The number of hydrogen-bond donors (Lipinski definition) is 3. The molecule has 1 aromatic rings. The molecule has 0 unspecified atom stereocenters. The Morgan fingerprint density at radius 1 is 1.28 bits per heavy atom. The molecular weight excluding hydrogens is 325 g/mol. The molecule has 3 amide bonds. The predicted molar refractivity (Wildman–Crippen MR) is 92.4 cm³/mol. The summed E-state index contributed by atoms with van der Waals surface area (Å²) in [5.74, 6) is -0.148. The highest BCUT2D eigenvalue weighted by molar-refractivity contribution is 5.86. The number of hydrogen-bond acceptors (Lipinski definition) is 3. The van der Waals surface area contributed by atoms with Crippen LogP contribution >= 0.6 is 0 Å². The summed E-state index contributed by atoms with van der Waals surface area (Å²) in [6, 6.07) is 4.91. The van der Waals surface area contributed by atoms with Crippen LogP contribution in [0.3, 0.4) is 0 Å². The van der Waals surface area contributed by atoms with Gasteiger partial charge in [-0.15, -0.1) is 0 Å². The second kappa shape index (κ2) is 9.98. The van der Waals surface area contributed by atoms with Crippen molar-refractivity contribution in [3.63, 3.8) is 0 Å². The van der Waals surface area contributed by atoms with Crippen LogP contribution in [0.4, 0.5) is 9.18 Å². The monoisotopic (exact) mass is 351 g/mol. The molecule has 138 valence electrons. The van der Waals surface area contributed by atoms with Crippen molar-refractivity contribution in [2.24, 2.45) is 5.92 Å². The van der Waals surface area contributed by atoms with Crippen molar-refractivity contribution in [2.45, 2.75) is 38.8 Å². The highest BCUT2D eigenvalue weighted by Crippen LogP contribution is 2.10. The van der Waals surface area contributed by atoms with Gasteiger partial charge in [-0.3, -0.25) is 4.79 Å². The summed E-state index contributed by atoms with van der Waals surface area (Å²) < 4.78 is 18.2. The molecule has 7 heteroatoms. The smallest absolute Gasteiger partial charge is 0.315 e. The summed E-state index contributed by atoms with van der Waals surface area (Å²) in [6.07, 6.45) is 2.30. The largest absolute Gasteiger partial charge is 0.381 e. The van der Waals surface area contributed by atoms with Crippen LogP contribution in [0.25, 0.3) is 0 Å². The molecule has 1 saturated heterocycles. The van der Waals surface area contributed by atoms with Gasteiger partial charge in [0, 0.05) is 25.6 Å². The number of carbonyl (C=O) groups excluding carboxylic acids is 2. The van der Waals surface area contributed by atoms with E-state index in [9.17, 15) is 14.0 Å². The van der Waals surface area contributed by atoms with E-state index in [2.05, 4.69) is 16.0 Å². The zero-order valence-corrected chi connectivity index (χ0v) is 14.5. The minimum atomic E-state index is -0.569. The maximum absolute atomic E-state index is 12.9. The van der Waals surface area contributed by atoms with Gasteiger partial charge >= 0.3 is 6.03 Å². The Hall–Kier alpha value is -2.15. The average molecular weight is 351 g/mol. The third-order valence-electron chi connectivity index (χ3n) is 4.15. The van der Waals surface area contributed by atoms with Crippen LogP contribution in [-0.4, -0.2) is 37.7 Å². The SMILES string of the molecule is CCC[C@H](NC(=O)NCc1ccc(F)cc1)C(=O)NC[C@@H]1CCOC1. The Kier molecular flexibility index (Phi) is 7.66. The number of carbonyl (C=O) groups is 2. The quantitative estimate of drug-likeness (QED) is 0.670. The molecule has 0 aromatic heterocycles. The number of urea groups is 1. The predicted octanol–water partition coefficient (Wildman–Crippen LogP) is 1.95. The van der Waals surface area contributed by atoms with Crippen LogP contribution in [0, 0.1) is 11.7 Å². The zero-order valence-electron chi connectivity index (χ0n) is 14.5. The molecule has 0 bridgehead atoms. The zero-order chi connectivity index (χ0) is 18.1. The lowest BCUT2D eigenvalue weighted by molar-refractivity contribution is -0.123. The molecular formula is C18H26FN3O3. The van der Waals surface area contributed by atoms with Gasteiger partial charge in [0.05, 0.1) is 6.61 Å². The number of halogens is 1. The van der Waals surface area contributed by atoms with Gasteiger partial charge in [-0.2, -0.15) is 0 Å². The van der Waals surface area contributed by atoms with Crippen molar-refractivity contribution in [3.05, 3.63) is 35.6 Å². The number of rotatable bonds is 8. The van der Waals surface area contributed by atoms with Gasteiger partial charge < -0.3 is 20.7 Å². The first-order valence-electron chi connectivity index (χ1n) is 8.72. The first kappa shape index (κ1) is 19.2. The van der Waals surface area contributed by atoms with Crippen molar-refractivity contribution < 1.29 is 18.7 Å². The number of nitrogens with one attached hydrogen (secondary N) is 3. The lowest BCUT2D eigenvalue weighted by Gasteiger charge is -2.19. The fourth-order valence-electron chi connectivity index (χ4n) is 2.66. The summed E-state index contributed by atoms with van der Waals surface area (Å²) in [4.78, 5) is 24.3. The molecule has 1 heterocycles. The molecule has 6 nitrogen and oxygen atoms in total. The lowest BCUT2D eigenvalue weighted by atomic mass is 10.1. The maximum Gasteiger partial charge on any atom is 0.315 e. The Morgan fingerprint density at radius 3 is 2.68 bits per heavy atom. The third-order valence-corrected chi connectivity index (χ3v) is 4.15. The summed E-state index contributed by atoms with van der Waals surface area (Å²) in [7, 11) is 0. The third kappa shape index (κ3) is 6.70. The second-order valence-electron chi connectivity index (χ2n) is 6.27. The standard InChI is InChI=1S/C18H26FN3O3/c1-2-3-16(17(23)20-11-14-8-9-25-12-14)22-18(24)21-10-13-4-6-15(19)7-5-13/h4-7,14,16H,2-3,8-12H2,1H3,(H,20,23)(H2,21,22,24)/t14-,16-/m0/s1. The minimum absolute atomic E-state index is 0.175. The fraction of sp³-hybridized carbons (Fsp3) is 0.556. The van der Waals surface area contributed by atoms with Crippen LogP contribution in [0.5, 0.6) is 0 Å². The van der Waals surface area contributed by atoms with Gasteiger partial charge in [0.15, 0.2) is 0 Å². The van der Waals surface area contributed by atoms with E-state index >= 15 is 0 Å². The summed E-state index contributed by atoms with van der Waals surface area (Å²) in [5, 5.41) is 8.29. The summed E-state index contributed by atoms with van der Waals surface area (Å²) in [6.45, 7) is 4.21. The number of benzene rings is 1. The number of amides is 3. The second-order valence-corrected chi connectivity index (χ2v) is 6.27. The average Bonchev–Trinajstić information content (AvgIpc) is 3.12. The van der Waals surface area contributed by atoms with Crippen LogP contribution in [0.1, 0.15) is 31.7 Å². The van der Waals surface area contributed by atoms with Crippen molar-refractivity contribution in [1.29, 1.82) is 0 Å².